The zero-order valence-corrected chi connectivity index (χ0v) is 12.8. The molecule has 1 aromatic heterocycles. The summed E-state index contributed by atoms with van der Waals surface area (Å²) in [5, 5.41) is 3.69. The molecule has 110 valence electrons. The lowest BCUT2D eigenvalue weighted by Crippen LogP contribution is -2.52. The van der Waals surface area contributed by atoms with E-state index in [-0.39, 0.29) is 0 Å². The Labute approximate surface area is 127 Å². The van der Waals surface area contributed by atoms with Crippen LogP contribution in [0.4, 0.5) is 5.69 Å². The zero-order chi connectivity index (χ0) is 14.7. The van der Waals surface area contributed by atoms with Crippen LogP contribution in [0.1, 0.15) is 30.5 Å². The van der Waals surface area contributed by atoms with E-state index in [9.17, 15) is 0 Å². The van der Waals surface area contributed by atoms with Crippen molar-refractivity contribution >= 4 is 5.69 Å². The Hall–Kier alpha value is -1.87. The second kappa shape index (κ2) is 6.27. The summed E-state index contributed by atoms with van der Waals surface area (Å²) in [7, 11) is 0. The number of nitrogens with zero attached hydrogens (tertiary/aromatic N) is 2. The highest BCUT2D eigenvalue weighted by Gasteiger charge is 2.28. The van der Waals surface area contributed by atoms with Gasteiger partial charge in [-0.15, -0.1) is 0 Å². The average molecular weight is 281 g/mol. The molecule has 3 rings (SSSR count). The smallest absolute Gasteiger partial charge is 0.0586 e. The number of nitrogens with one attached hydrogen (secondary N) is 1. The Balaban J connectivity index is 1.88. The maximum Gasteiger partial charge on any atom is 0.0586 e. The Bertz CT molecular complexity index is 582. The summed E-state index contributed by atoms with van der Waals surface area (Å²) < 4.78 is 0. The molecule has 0 radical (unpaired) electrons. The summed E-state index contributed by atoms with van der Waals surface area (Å²) in [5.41, 5.74) is 3.93. The van der Waals surface area contributed by atoms with Crippen LogP contribution in [0, 0.1) is 6.92 Å². The van der Waals surface area contributed by atoms with Crippen molar-refractivity contribution in [2.24, 2.45) is 0 Å². The van der Waals surface area contributed by atoms with Gasteiger partial charge in [0.15, 0.2) is 0 Å². The third-order valence-electron chi connectivity index (χ3n) is 4.41. The molecule has 3 heteroatoms. The van der Waals surface area contributed by atoms with Crippen molar-refractivity contribution < 1.29 is 0 Å². The van der Waals surface area contributed by atoms with E-state index in [2.05, 4.69) is 65.4 Å². The number of aryl methyl sites for hydroxylation is 1. The summed E-state index contributed by atoms with van der Waals surface area (Å²) in [6.45, 7) is 6.44. The van der Waals surface area contributed by atoms with Crippen LogP contribution in [0.15, 0.2) is 48.8 Å². The van der Waals surface area contributed by atoms with Crippen molar-refractivity contribution in [2.75, 3.05) is 18.0 Å². The number of hydrogen-bond donors (Lipinski definition) is 1. The van der Waals surface area contributed by atoms with Gasteiger partial charge in [0.1, 0.15) is 0 Å². The van der Waals surface area contributed by atoms with E-state index in [0.717, 1.165) is 19.5 Å². The monoisotopic (exact) mass is 281 g/mol. The first-order chi connectivity index (χ1) is 10.3. The number of anilines is 1. The fourth-order valence-corrected chi connectivity index (χ4v) is 3.12. The molecule has 2 heterocycles. The summed E-state index contributed by atoms with van der Waals surface area (Å²) in [6, 6.07) is 13.7. The van der Waals surface area contributed by atoms with Crippen LogP contribution in [0.25, 0.3) is 0 Å². The number of pyridine rings is 1. The minimum Gasteiger partial charge on any atom is -0.364 e. The van der Waals surface area contributed by atoms with Crippen LogP contribution in [0.3, 0.4) is 0 Å². The van der Waals surface area contributed by atoms with Gasteiger partial charge in [0.2, 0.25) is 0 Å². The van der Waals surface area contributed by atoms with Crippen LogP contribution in [0.5, 0.6) is 0 Å². The Morgan fingerprint density at radius 2 is 2.05 bits per heavy atom. The minimum absolute atomic E-state index is 0.383. The SMILES string of the molecule is CCC1CNC(c2ccccc2)CN1c1cnccc1C. The predicted molar refractivity (Wildman–Crippen MR) is 87.6 cm³/mol. The minimum atomic E-state index is 0.383. The second-order valence-corrected chi connectivity index (χ2v) is 5.75. The highest BCUT2D eigenvalue weighted by Crippen LogP contribution is 2.28. The number of aromatic nitrogens is 1. The number of rotatable bonds is 3. The van der Waals surface area contributed by atoms with Crippen molar-refractivity contribution in [3.8, 4) is 0 Å². The van der Waals surface area contributed by atoms with Crippen molar-refractivity contribution in [1.82, 2.24) is 10.3 Å². The molecule has 0 amide bonds. The molecule has 0 spiro atoms. The first-order valence-electron chi connectivity index (χ1n) is 7.75. The normalized spacial score (nSPS) is 22.3. The fraction of sp³-hybridized carbons (Fsp3) is 0.389. The van der Waals surface area contributed by atoms with Gasteiger partial charge in [0.25, 0.3) is 0 Å². The molecule has 3 nitrogen and oxygen atoms in total. The average Bonchev–Trinajstić information content (AvgIpc) is 2.55. The molecule has 2 aromatic rings. The van der Waals surface area contributed by atoms with E-state index in [1.54, 1.807) is 0 Å². The van der Waals surface area contributed by atoms with Gasteiger partial charge in [0.05, 0.1) is 11.9 Å². The third-order valence-corrected chi connectivity index (χ3v) is 4.41. The van der Waals surface area contributed by atoms with Gasteiger partial charge in [-0.25, -0.2) is 0 Å². The van der Waals surface area contributed by atoms with Gasteiger partial charge in [0, 0.05) is 31.4 Å². The Morgan fingerprint density at radius 1 is 1.24 bits per heavy atom. The van der Waals surface area contributed by atoms with Crippen molar-refractivity contribution in [1.29, 1.82) is 0 Å². The molecular weight excluding hydrogens is 258 g/mol. The first-order valence-corrected chi connectivity index (χ1v) is 7.75. The molecule has 2 unspecified atom stereocenters. The third kappa shape index (κ3) is 2.93. The van der Waals surface area contributed by atoms with Gasteiger partial charge in [-0.3, -0.25) is 4.98 Å². The fourth-order valence-electron chi connectivity index (χ4n) is 3.12. The summed E-state index contributed by atoms with van der Waals surface area (Å²) in [4.78, 5) is 6.85. The van der Waals surface area contributed by atoms with E-state index >= 15 is 0 Å². The zero-order valence-electron chi connectivity index (χ0n) is 12.8. The summed E-state index contributed by atoms with van der Waals surface area (Å²) in [6.07, 6.45) is 5.02. The van der Waals surface area contributed by atoms with Crippen LogP contribution in [-0.4, -0.2) is 24.1 Å². The summed E-state index contributed by atoms with van der Waals surface area (Å²) >= 11 is 0. The molecule has 1 aliphatic rings. The highest BCUT2D eigenvalue weighted by atomic mass is 15.2. The lowest BCUT2D eigenvalue weighted by molar-refractivity contribution is 0.392. The van der Waals surface area contributed by atoms with Crippen LogP contribution >= 0.6 is 0 Å². The largest absolute Gasteiger partial charge is 0.364 e. The molecule has 1 aliphatic heterocycles. The predicted octanol–water partition coefficient (Wildman–Crippen LogP) is 3.32. The van der Waals surface area contributed by atoms with Crippen LogP contribution < -0.4 is 10.2 Å². The highest BCUT2D eigenvalue weighted by molar-refractivity contribution is 5.53. The Morgan fingerprint density at radius 3 is 2.76 bits per heavy atom. The lowest BCUT2D eigenvalue weighted by atomic mass is 9.99. The molecule has 1 N–H and O–H groups in total. The molecule has 1 fully saturated rings. The molecule has 2 atom stereocenters. The van der Waals surface area contributed by atoms with Gasteiger partial charge >= 0.3 is 0 Å². The molecule has 1 aromatic carbocycles. The molecule has 0 bridgehead atoms. The van der Waals surface area contributed by atoms with Gasteiger partial charge in [-0.2, -0.15) is 0 Å². The molecule has 0 aliphatic carbocycles. The van der Waals surface area contributed by atoms with Gasteiger partial charge in [-0.05, 0) is 30.5 Å². The summed E-state index contributed by atoms with van der Waals surface area (Å²) in [5.74, 6) is 0. The van der Waals surface area contributed by atoms with E-state index in [4.69, 9.17) is 0 Å². The molecule has 1 saturated heterocycles. The van der Waals surface area contributed by atoms with Crippen LogP contribution in [-0.2, 0) is 0 Å². The van der Waals surface area contributed by atoms with Crippen LogP contribution in [0.2, 0.25) is 0 Å². The number of benzene rings is 1. The van der Waals surface area contributed by atoms with Gasteiger partial charge < -0.3 is 10.2 Å². The number of piperazine rings is 1. The maximum absolute atomic E-state index is 4.33. The van der Waals surface area contributed by atoms with Crippen molar-refractivity contribution in [2.45, 2.75) is 32.4 Å². The number of hydrogen-bond acceptors (Lipinski definition) is 3. The lowest BCUT2D eigenvalue weighted by Gasteiger charge is -2.42. The van der Waals surface area contributed by atoms with Crippen molar-refractivity contribution in [3.63, 3.8) is 0 Å². The van der Waals surface area contributed by atoms with E-state index in [1.165, 1.54) is 16.8 Å². The molecule has 0 saturated carbocycles. The first kappa shape index (κ1) is 14.1. The standard InChI is InChI=1S/C18H23N3/c1-3-16-11-20-17(15-7-5-4-6-8-15)13-21(16)18-12-19-10-9-14(18)2/h4-10,12,16-17,20H,3,11,13H2,1-2H3. The second-order valence-electron chi connectivity index (χ2n) is 5.75. The van der Waals surface area contributed by atoms with E-state index in [1.807, 2.05) is 12.4 Å². The van der Waals surface area contributed by atoms with Crippen molar-refractivity contribution in [3.05, 3.63) is 59.9 Å². The Kier molecular flexibility index (Phi) is 4.20. The van der Waals surface area contributed by atoms with Gasteiger partial charge in [-0.1, -0.05) is 37.3 Å². The topological polar surface area (TPSA) is 28.2 Å². The van der Waals surface area contributed by atoms with E-state index < -0.39 is 0 Å². The molecule has 21 heavy (non-hydrogen) atoms. The maximum atomic E-state index is 4.33. The quantitative estimate of drug-likeness (QED) is 0.935. The molecular formula is C18H23N3. The van der Waals surface area contributed by atoms with E-state index in [0.29, 0.717) is 12.1 Å².